The van der Waals surface area contributed by atoms with E-state index in [1.54, 1.807) is 55.4 Å². The van der Waals surface area contributed by atoms with Gasteiger partial charge in [-0.2, -0.15) is 0 Å². The van der Waals surface area contributed by atoms with Gasteiger partial charge in [-0.05, 0) is 30.3 Å². The average molecular weight is 330 g/mol. The Labute approximate surface area is 136 Å². The molecule has 0 saturated carbocycles. The minimum absolute atomic E-state index is 0.126. The lowest BCUT2D eigenvalue weighted by Gasteiger charge is -2.08. The first-order chi connectivity index (χ1) is 10.9. The maximum Gasteiger partial charge on any atom is 0.255 e. The Hall–Kier alpha value is -2.60. The maximum absolute atomic E-state index is 12.2. The van der Waals surface area contributed by atoms with Crippen LogP contribution in [0.25, 0.3) is 0 Å². The number of nitrogens with one attached hydrogen (secondary N) is 1. The van der Waals surface area contributed by atoms with Crippen molar-refractivity contribution in [3.63, 3.8) is 0 Å². The number of carbonyl (C=O) groups is 1. The van der Waals surface area contributed by atoms with Crippen LogP contribution in [0.1, 0.15) is 10.4 Å². The summed E-state index contributed by atoms with van der Waals surface area (Å²) in [6.45, 7) is 0. The maximum atomic E-state index is 12.2. The summed E-state index contributed by atoms with van der Waals surface area (Å²) in [5.74, 6) is -0.288. The van der Waals surface area contributed by atoms with Crippen LogP contribution in [0.3, 0.4) is 0 Å². The Bertz CT molecular complexity index is 813. The molecule has 0 heterocycles. The number of anilines is 1. The summed E-state index contributed by atoms with van der Waals surface area (Å²) in [7, 11) is -0.0746. The molecule has 1 N–H and O–H groups in total. The fraction of sp³-hybridized carbons (Fsp3) is 0.118. The van der Waals surface area contributed by atoms with Crippen molar-refractivity contribution in [1.29, 1.82) is 0 Å². The van der Waals surface area contributed by atoms with Crippen molar-refractivity contribution in [3.05, 3.63) is 71.8 Å². The third kappa shape index (κ3) is 4.69. The highest BCUT2D eigenvalue weighted by Gasteiger charge is 2.12. The quantitative estimate of drug-likeness (QED) is 0.915. The number of rotatable bonds is 5. The highest BCUT2D eigenvalue weighted by Crippen LogP contribution is 2.18. The summed E-state index contributed by atoms with van der Waals surface area (Å²) >= 11 is 0. The molecule has 23 heavy (non-hydrogen) atoms. The smallest absolute Gasteiger partial charge is 0.255 e. The molecule has 0 aliphatic carbocycles. The van der Waals surface area contributed by atoms with Crippen molar-refractivity contribution in [1.82, 2.24) is 4.90 Å². The highest BCUT2D eigenvalue weighted by atomic mass is 32.2. The lowest BCUT2D eigenvalue weighted by molar-refractivity contribution is 0.102. The van der Waals surface area contributed by atoms with Gasteiger partial charge in [-0.25, -0.2) is 8.42 Å². The van der Waals surface area contributed by atoms with Crippen molar-refractivity contribution in [2.24, 2.45) is 0 Å². The van der Waals surface area contributed by atoms with Crippen LogP contribution in [-0.4, -0.2) is 33.3 Å². The van der Waals surface area contributed by atoms with Gasteiger partial charge >= 0.3 is 0 Å². The number of sulfone groups is 1. The molecule has 0 unspecified atom stereocenters. The first kappa shape index (κ1) is 16.8. The zero-order chi connectivity index (χ0) is 16.9. The number of hydrogen-bond acceptors (Lipinski definition) is 4. The van der Waals surface area contributed by atoms with Gasteiger partial charge in [0.05, 0.1) is 10.3 Å². The lowest BCUT2D eigenvalue weighted by atomic mass is 10.2. The predicted molar refractivity (Wildman–Crippen MR) is 90.9 cm³/mol. The summed E-state index contributed by atoms with van der Waals surface area (Å²) in [6.07, 6.45) is 1.46. The molecule has 0 atom stereocenters. The fourth-order valence-electron chi connectivity index (χ4n) is 1.82. The van der Waals surface area contributed by atoms with E-state index in [0.29, 0.717) is 11.3 Å². The number of benzene rings is 2. The molecule has 0 bridgehead atoms. The molecule has 0 spiro atoms. The summed E-state index contributed by atoms with van der Waals surface area (Å²) in [6, 6.07) is 14.9. The zero-order valence-electron chi connectivity index (χ0n) is 12.9. The van der Waals surface area contributed by atoms with Gasteiger partial charge in [0, 0.05) is 31.5 Å². The van der Waals surface area contributed by atoms with Crippen molar-refractivity contribution in [2.75, 3.05) is 19.4 Å². The van der Waals surface area contributed by atoms with E-state index in [4.69, 9.17) is 0 Å². The monoisotopic (exact) mass is 330 g/mol. The summed E-state index contributed by atoms with van der Waals surface area (Å²) in [4.78, 5) is 13.9. The molecule has 0 aliphatic heterocycles. The number of amides is 1. The second-order valence-electron chi connectivity index (χ2n) is 5.14. The van der Waals surface area contributed by atoms with E-state index in [9.17, 15) is 13.2 Å². The van der Waals surface area contributed by atoms with E-state index in [-0.39, 0.29) is 10.8 Å². The summed E-state index contributed by atoms with van der Waals surface area (Å²) in [5.41, 5.74) is 0.937. The number of nitrogens with zero attached hydrogens (tertiary/aromatic N) is 1. The van der Waals surface area contributed by atoms with Gasteiger partial charge in [0.2, 0.25) is 9.84 Å². The molecule has 2 aromatic rings. The van der Waals surface area contributed by atoms with E-state index < -0.39 is 9.84 Å². The third-order valence-electron chi connectivity index (χ3n) is 2.99. The molecule has 0 radical (unpaired) electrons. The van der Waals surface area contributed by atoms with Crippen molar-refractivity contribution in [3.8, 4) is 0 Å². The summed E-state index contributed by atoms with van der Waals surface area (Å²) in [5, 5.41) is 3.83. The van der Waals surface area contributed by atoms with Gasteiger partial charge in [0.25, 0.3) is 5.91 Å². The molecule has 120 valence electrons. The first-order valence-electron chi connectivity index (χ1n) is 6.95. The van der Waals surface area contributed by atoms with Gasteiger partial charge in [-0.3, -0.25) is 4.79 Å². The van der Waals surface area contributed by atoms with Crippen LogP contribution in [0, 0.1) is 0 Å². The van der Waals surface area contributed by atoms with Crippen LogP contribution < -0.4 is 5.32 Å². The molecule has 0 aromatic heterocycles. The van der Waals surface area contributed by atoms with Gasteiger partial charge in [0.1, 0.15) is 0 Å². The SMILES string of the molecule is CN(C)C=CS(=O)(=O)c1cccc(NC(=O)c2ccccc2)c1. The van der Waals surface area contributed by atoms with Gasteiger partial charge in [-0.15, -0.1) is 0 Å². The molecule has 0 fully saturated rings. The van der Waals surface area contributed by atoms with Crippen LogP contribution in [0.15, 0.2) is 71.1 Å². The Morgan fingerprint density at radius 2 is 1.74 bits per heavy atom. The molecule has 6 heteroatoms. The molecule has 2 aromatic carbocycles. The largest absolute Gasteiger partial charge is 0.383 e. The normalized spacial score (nSPS) is 11.4. The topological polar surface area (TPSA) is 66.5 Å². The Morgan fingerprint density at radius 1 is 1.04 bits per heavy atom. The molecule has 1 amide bonds. The second-order valence-corrected chi connectivity index (χ2v) is 6.98. The molecule has 0 aliphatic rings. The highest BCUT2D eigenvalue weighted by molar-refractivity contribution is 7.94. The van der Waals surface area contributed by atoms with E-state index in [2.05, 4.69) is 5.32 Å². The Morgan fingerprint density at radius 3 is 2.39 bits per heavy atom. The van der Waals surface area contributed by atoms with E-state index in [0.717, 1.165) is 5.41 Å². The molecular formula is C17H18N2O3S. The fourth-order valence-corrected chi connectivity index (χ4v) is 2.94. The van der Waals surface area contributed by atoms with Crippen molar-refractivity contribution in [2.45, 2.75) is 4.90 Å². The van der Waals surface area contributed by atoms with Gasteiger partial charge in [0.15, 0.2) is 0 Å². The van der Waals surface area contributed by atoms with Crippen molar-refractivity contribution < 1.29 is 13.2 Å². The average Bonchev–Trinajstić information content (AvgIpc) is 2.54. The zero-order valence-corrected chi connectivity index (χ0v) is 13.7. The minimum Gasteiger partial charge on any atom is -0.383 e. The predicted octanol–water partition coefficient (Wildman–Crippen LogP) is 2.75. The van der Waals surface area contributed by atoms with Crippen LogP contribution in [0.5, 0.6) is 0 Å². The third-order valence-corrected chi connectivity index (χ3v) is 4.39. The molecule has 2 rings (SSSR count). The minimum atomic E-state index is -3.55. The van der Waals surface area contributed by atoms with Crippen molar-refractivity contribution >= 4 is 21.4 Å². The Balaban J connectivity index is 2.22. The van der Waals surface area contributed by atoms with Gasteiger partial charge in [-0.1, -0.05) is 24.3 Å². The molecular weight excluding hydrogens is 312 g/mol. The van der Waals surface area contributed by atoms with Crippen LogP contribution >= 0.6 is 0 Å². The molecule has 5 nitrogen and oxygen atoms in total. The standard InChI is InChI=1S/C17H18N2O3S/c1-19(2)11-12-23(21,22)16-10-6-9-15(13-16)18-17(20)14-7-4-3-5-8-14/h3-13H,1-2H3,(H,18,20). The Kier molecular flexibility index (Phi) is 5.18. The number of hydrogen-bond donors (Lipinski definition) is 1. The van der Waals surface area contributed by atoms with E-state index in [1.807, 2.05) is 6.07 Å². The van der Waals surface area contributed by atoms with E-state index >= 15 is 0 Å². The van der Waals surface area contributed by atoms with Gasteiger partial charge < -0.3 is 10.2 Å². The van der Waals surface area contributed by atoms with E-state index in [1.165, 1.54) is 18.3 Å². The van der Waals surface area contributed by atoms with Crippen LogP contribution in [0.4, 0.5) is 5.69 Å². The van der Waals surface area contributed by atoms with Crippen LogP contribution in [-0.2, 0) is 9.84 Å². The number of carbonyl (C=O) groups excluding carboxylic acids is 1. The lowest BCUT2D eigenvalue weighted by Crippen LogP contribution is -2.12. The van der Waals surface area contributed by atoms with Crippen LogP contribution in [0.2, 0.25) is 0 Å². The first-order valence-corrected chi connectivity index (χ1v) is 8.49. The second kappa shape index (κ2) is 7.11. The summed E-state index contributed by atoms with van der Waals surface area (Å²) < 4.78 is 24.4. The molecule has 0 saturated heterocycles.